The van der Waals surface area contributed by atoms with Gasteiger partial charge < -0.3 is 5.32 Å². The highest BCUT2D eigenvalue weighted by molar-refractivity contribution is 7.90. The number of benzene rings is 3. The quantitative estimate of drug-likeness (QED) is 0.377. The fourth-order valence-corrected chi connectivity index (χ4v) is 4.62. The Hall–Kier alpha value is -3.46. The molecule has 10 heteroatoms. The predicted molar refractivity (Wildman–Crippen MR) is 133 cm³/mol. The number of para-hydroxylation sites is 1. The number of amides is 2. The third kappa shape index (κ3) is 5.04. The lowest BCUT2D eigenvalue weighted by molar-refractivity contribution is -0.117. The van der Waals surface area contributed by atoms with Crippen LogP contribution in [0, 0.1) is 0 Å². The summed E-state index contributed by atoms with van der Waals surface area (Å²) in [4.78, 5) is 28.9. The van der Waals surface area contributed by atoms with Gasteiger partial charge in [0.05, 0.1) is 31.7 Å². The Bertz CT molecular complexity index is 1540. The molecule has 0 aliphatic carbocycles. The number of rotatable bonds is 5. The molecule has 34 heavy (non-hydrogen) atoms. The molecule has 0 saturated carbocycles. The Morgan fingerprint density at radius 3 is 2.26 bits per heavy atom. The predicted octanol–water partition coefficient (Wildman–Crippen LogP) is 5.29. The van der Waals surface area contributed by atoms with E-state index in [1.807, 2.05) is 10.8 Å². The topological polar surface area (TPSA) is 105 Å². The first-order valence-corrected chi connectivity index (χ1v) is 12.2. The minimum absolute atomic E-state index is 0.100. The van der Waals surface area contributed by atoms with Crippen LogP contribution in [0.4, 0.5) is 5.69 Å². The summed E-state index contributed by atoms with van der Waals surface area (Å²) in [6, 6.07) is 19.5. The van der Waals surface area contributed by atoms with E-state index < -0.39 is 21.8 Å². The van der Waals surface area contributed by atoms with E-state index in [1.165, 1.54) is 24.3 Å². The number of hydrogen-bond acceptors (Lipinski definition) is 5. The fourth-order valence-electron chi connectivity index (χ4n) is 3.33. The van der Waals surface area contributed by atoms with Crippen LogP contribution in [0.1, 0.15) is 17.3 Å². The Morgan fingerprint density at radius 2 is 1.59 bits per heavy atom. The number of sulfonamides is 1. The van der Waals surface area contributed by atoms with E-state index in [1.54, 1.807) is 42.5 Å². The first-order chi connectivity index (χ1) is 16.1. The average molecular weight is 514 g/mol. The van der Waals surface area contributed by atoms with Gasteiger partial charge in [0, 0.05) is 23.6 Å². The van der Waals surface area contributed by atoms with Gasteiger partial charge in [-0.25, -0.2) is 18.1 Å². The van der Waals surface area contributed by atoms with Crippen molar-refractivity contribution in [2.24, 2.45) is 0 Å². The number of aromatic nitrogens is 1. The number of nitrogens with one attached hydrogen (secondary N) is 2. The van der Waals surface area contributed by atoms with Crippen molar-refractivity contribution >= 4 is 61.6 Å². The van der Waals surface area contributed by atoms with Gasteiger partial charge in [-0.05, 0) is 48.5 Å². The van der Waals surface area contributed by atoms with Gasteiger partial charge in [0.2, 0.25) is 5.91 Å². The highest BCUT2D eigenvalue weighted by Gasteiger charge is 2.17. The average Bonchev–Trinajstić information content (AvgIpc) is 2.79. The van der Waals surface area contributed by atoms with Crippen LogP contribution in [0.5, 0.6) is 0 Å². The lowest BCUT2D eigenvalue weighted by atomic mass is 10.0. The first kappa shape index (κ1) is 23.7. The SMILES string of the molecule is CC(=O)NS(=O)(=O)c1ccc(NC(=O)c2cc(-c3ccc(Cl)c(Cl)c3)nc3ccccc23)cc1. The summed E-state index contributed by atoms with van der Waals surface area (Å²) in [5.74, 6) is -1.10. The second-order valence-electron chi connectivity index (χ2n) is 7.34. The van der Waals surface area contributed by atoms with E-state index >= 15 is 0 Å². The Kier molecular flexibility index (Phi) is 6.56. The first-order valence-electron chi connectivity index (χ1n) is 9.94. The molecule has 0 saturated heterocycles. The van der Waals surface area contributed by atoms with Gasteiger partial charge in [-0.1, -0.05) is 47.5 Å². The van der Waals surface area contributed by atoms with E-state index in [0.717, 1.165) is 6.92 Å². The number of pyridine rings is 1. The van der Waals surface area contributed by atoms with Crippen molar-refractivity contribution in [2.45, 2.75) is 11.8 Å². The zero-order chi connectivity index (χ0) is 24.5. The summed E-state index contributed by atoms with van der Waals surface area (Å²) in [6.07, 6.45) is 0. The van der Waals surface area contributed by atoms with Crippen LogP contribution in [0.3, 0.4) is 0 Å². The lowest BCUT2D eigenvalue weighted by Gasteiger charge is -2.12. The molecule has 4 aromatic rings. The van der Waals surface area contributed by atoms with Crippen molar-refractivity contribution < 1.29 is 18.0 Å². The highest BCUT2D eigenvalue weighted by Crippen LogP contribution is 2.30. The van der Waals surface area contributed by atoms with Gasteiger partial charge in [0.1, 0.15) is 0 Å². The monoisotopic (exact) mass is 513 g/mol. The molecule has 0 unspecified atom stereocenters. The van der Waals surface area contributed by atoms with Crippen LogP contribution in [0.2, 0.25) is 10.0 Å². The molecular weight excluding hydrogens is 497 g/mol. The third-order valence-corrected chi connectivity index (χ3v) is 7.06. The molecule has 1 aromatic heterocycles. The van der Waals surface area contributed by atoms with Crippen LogP contribution in [0.25, 0.3) is 22.2 Å². The molecule has 2 N–H and O–H groups in total. The highest BCUT2D eigenvalue weighted by atomic mass is 35.5. The maximum absolute atomic E-state index is 13.2. The number of halogens is 2. The number of nitrogens with zero attached hydrogens (tertiary/aromatic N) is 1. The molecule has 0 atom stereocenters. The lowest BCUT2D eigenvalue weighted by Crippen LogP contribution is -2.28. The minimum Gasteiger partial charge on any atom is -0.322 e. The second-order valence-corrected chi connectivity index (χ2v) is 9.84. The van der Waals surface area contributed by atoms with Crippen molar-refractivity contribution in [1.82, 2.24) is 9.71 Å². The number of anilines is 1. The number of carbonyl (C=O) groups is 2. The van der Waals surface area contributed by atoms with E-state index in [9.17, 15) is 18.0 Å². The van der Waals surface area contributed by atoms with Gasteiger partial charge in [-0.3, -0.25) is 9.59 Å². The van der Waals surface area contributed by atoms with Crippen LogP contribution in [-0.2, 0) is 14.8 Å². The summed E-state index contributed by atoms with van der Waals surface area (Å²) in [7, 11) is -3.97. The summed E-state index contributed by atoms with van der Waals surface area (Å²) in [5.41, 5.74) is 2.61. The zero-order valence-electron chi connectivity index (χ0n) is 17.7. The molecule has 172 valence electrons. The maximum atomic E-state index is 13.2. The van der Waals surface area contributed by atoms with Gasteiger partial charge >= 0.3 is 0 Å². The van der Waals surface area contributed by atoms with Gasteiger partial charge in [0.15, 0.2) is 0 Å². The van der Waals surface area contributed by atoms with Crippen LogP contribution < -0.4 is 10.0 Å². The van der Waals surface area contributed by atoms with E-state index in [4.69, 9.17) is 23.2 Å². The molecular formula is C24H17Cl2N3O4S. The smallest absolute Gasteiger partial charge is 0.264 e. The van der Waals surface area contributed by atoms with Crippen LogP contribution in [-0.4, -0.2) is 25.2 Å². The Morgan fingerprint density at radius 1 is 0.882 bits per heavy atom. The van der Waals surface area contributed by atoms with Crippen molar-refractivity contribution in [2.75, 3.05) is 5.32 Å². The normalized spacial score (nSPS) is 11.3. The molecule has 3 aromatic carbocycles. The second kappa shape index (κ2) is 9.42. The van der Waals surface area contributed by atoms with Crippen molar-refractivity contribution in [3.05, 3.63) is 88.4 Å². The molecule has 0 aliphatic heterocycles. The summed E-state index contributed by atoms with van der Waals surface area (Å²) >= 11 is 12.2. The van der Waals surface area contributed by atoms with E-state index in [2.05, 4.69) is 10.3 Å². The van der Waals surface area contributed by atoms with E-state index in [-0.39, 0.29) is 4.90 Å². The molecule has 0 spiro atoms. The number of carbonyl (C=O) groups excluding carboxylic acids is 2. The minimum atomic E-state index is -3.97. The van der Waals surface area contributed by atoms with Crippen molar-refractivity contribution in [1.29, 1.82) is 0 Å². The molecule has 4 rings (SSSR count). The third-order valence-electron chi connectivity index (χ3n) is 4.88. The molecule has 7 nitrogen and oxygen atoms in total. The maximum Gasteiger partial charge on any atom is 0.264 e. The zero-order valence-corrected chi connectivity index (χ0v) is 20.0. The van der Waals surface area contributed by atoms with Crippen LogP contribution >= 0.6 is 23.2 Å². The van der Waals surface area contributed by atoms with Gasteiger partial charge in [-0.15, -0.1) is 0 Å². The van der Waals surface area contributed by atoms with E-state index in [0.29, 0.717) is 43.5 Å². The van der Waals surface area contributed by atoms with Gasteiger partial charge in [-0.2, -0.15) is 0 Å². The molecule has 1 heterocycles. The molecule has 0 bridgehead atoms. The molecule has 2 amide bonds. The van der Waals surface area contributed by atoms with Crippen molar-refractivity contribution in [3.63, 3.8) is 0 Å². The molecule has 0 aliphatic rings. The van der Waals surface area contributed by atoms with Crippen molar-refractivity contribution in [3.8, 4) is 11.3 Å². The number of fused-ring (bicyclic) bond motifs is 1. The summed E-state index contributed by atoms with van der Waals surface area (Å²) in [6.45, 7) is 1.11. The largest absolute Gasteiger partial charge is 0.322 e. The molecule has 0 radical (unpaired) electrons. The summed E-state index contributed by atoms with van der Waals surface area (Å²) in [5, 5.41) is 4.20. The fraction of sp³-hybridized carbons (Fsp3) is 0.0417. The van der Waals surface area contributed by atoms with Gasteiger partial charge in [0.25, 0.3) is 15.9 Å². The van der Waals surface area contributed by atoms with Crippen LogP contribution in [0.15, 0.2) is 77.7 Å². The number of hydrogen-bond donors (Lipinski definition) is 2. The Balaban J connectivity index is 1.68. The molecule has 0 fully saturated rings. The standard InChI is InChI=1S/C24H17Cl2N3O4S/c1-14(30)29-34(32,33)17-9-7-16(8-10-17)27-24(31)19-13-23(15-6-11-20(25)21(26)12-15)28-22-5-3-2-4-18(19)22/h2-13H,1H3,(H,27,31)(H,29,30). The Labute approximate surface area is 205 Å². The summed E-state index contributed by atoms with van der Waals surface area (Å²) < 4.78 is 26.1.